The van der Waals surface area contributed by atoms with Crippen LogP contribution in [0.2, 0.25) is 0 Å². The highest BCUT2D eigenvalue weighted by Gasteiger charge is 2.32. The summed E-state index contributed by atoms with van der Waals surface area (Å²) in [5, 5.41) is 0. The number of hydrogen-bond donors (Lipinski definition) is 0. The van der Waals surface area contributed by atoms with E-state index in [2.05, 4.69) is 43.6 Å². The minimum absolute atomic E-state index is 0.0514. The Morgan fingerprint density at radius 3 is 2.19 bits per heavy atom. The second kappa shape index (κ2) is 11.6. The summed E-state index contributed by atoms with van der Waals surface area (Å²) in [6, 6.07) is 19.2. The van der Waals surface area contributed by atoms with Crippen LogP contribution in [0, 0.1) is 6.92 Å². The number of halogens is 1. The van der Waals surface area contributed by atoms with Gasteiger partial charge in [-0.15, -0.1) is 0 Å². The van der Waals surface area contributed by atoms with E-state index in [1.54, 1.807) is 30.3 Å². The third kappa shape index (κ3) is 6.77. The number of carbonyl (C=O) groups excluding carboxylic acids is 1. The van der Waals surface area contributed by atoms with E-state index in [1.807, 2.05) is 31.2 Å². The SMILES string of the molecule is CCCCc1ccc(N(C(=O)COc2ccc(Br)cc2C(C)(C)C)S(=O)(=O)c2ccc(C)cc2)cc1. The van der Waals surface area contributed by atoms with Crippen molar-refractivity contribution in [2.45, 2.75) is 64.2 Å². The lowest BCUT2D eigenvalue weighted by atomic mass is 9.86. The number of anilines is 1. The van der Waals surface area contributed by atoms with Gasteiger partial charge in [-0.2, -0.15) is 4.31 Å². The van der Waals surface area contributed by atoms with E-state index in [9.17, 15) is 13.2 Å². The van der Waals surface area contributed by atoms with Crippen molar-refractivity contribution in [3.63, 3.8) is 0 Å². The molecule has 3 aromatic rings. The molecule has 0 saturated heterocycles. The Morgan fingerprint density at radius 1 is 0.972 bits per heavy atom. The molecule has 0 saturated carbocycles. The van der Waals surface area contributed by atoms with E-state index in [4.69, 9.17) is 4.74 Å². The summed E-state index contributed by atoms with van der Waals surface area (Å²) in [6.07, 6.45) is 3.01. The topological polar surface area (TPSA) is 63.7 Å². The molecule has 0 radical (unpaired) electrons. The van der Waals surface area contributed by atoms with Gasteiger partial charge in [-0.1, -0.05) is 79.9 Å². The van der Waals surface area contributed by atoms with E-state index in [-0.39, 0.29) is 16.0 Å². The molecular formula is C29H34BrNO4S. The van der Waals surface area contributed by atoms with Crippen LogP contribution >= 0.6 is 15.9 Å². The molecule has 1 amide bonds. The highest BCUT2D eigenvalue weighted by Crippen LogP contribution is 2.34. The van der Waals surface area contributed by atoms with E-state index < -0.39 is 22.5 Å². The summed E-state index contributed by atoms with van der Waals surface area (Å²) in [7, 11) is -4.15. The zero-order valence-electron chi connectivity index (χ0n) is 21.5. The highest BCUT2D eigenvalue weighted by atomic mass is 79.9. The molecule has 0 fully saturated rings. The predicted octanol–water partition coefficient (Wildman–Crippen LogP) is 7.20. The van der Waals surface area contributed by atoms with Crippen LogP contribution in [0.3, 0.4) is 0 Å². The first kappa shape index (κ1) is 27.9. The number of benzene rings is 3. The molecule has 5 nitrogen and oxygen atoms in total. The summed E-state index contributed by atoms with van der Waals surface area (Å²) in [4.78, 5) is 13.6. The van der Waals surface area contributed by atoms with Crippen molar-refractivity contribution in [1.82, 2.24) is 0 Å². The molecule has 3 aromatic carbocycles. The van der Waals surface area contributed by atoms with Crippen molar-refractivity contribution in [2.24, 2.45) is 0 Å². The van der Waals surface area contributed by atoms with E-state index >= 15 is 0 Å². The van der Waals surface area contributed by atoms with Crippen LogP contribution in [0.25, 0.3) is 0 Å². The number of amides is 1. The summed E-state index contributed by atoms with van der Waals surface area (Å²) in [5.74, 6) is -0.124. The van der Waals surface area contributed by atoms with Crippen LogP contribution in [0.5, 0.6) is 5.75 Å². The molecule has 7 heteroatoms. The lowest BCUT2D eigenvalue weighted by Crippen LogP contribution is -2.40. The van der Waals surface area contributed by atoms with Crippen molar-refractivity contribution in [2.75, 3.05) is 10.9 Å². The molecule has 0 aliphatic carbocycles. The number of nitrogens with zero attached hydrogens (tertiary/aromatic N) is 1. The Bertz CT molecular complexity index is 1290. The molecule has 0 aliphatic heterocycles. The Balaban J connectivity index is 1.97. The van der Waals surface area contributed by atoms with Crippen LogP contribution in [-0.4, -0.2) is 20.9 Å². The molecule has 0 bridgehead atoms. The Labute approximate surface area is 223 Å². The molecule has 192 valence electrons. The van der Waals surface area contributed by atoms with Crippen molar-refractivity contribution in [3.8, 4) is 5.75 Å². The molecular weight excluding hydrogens is 538 g/mol. The van der Waals surface area contributed by atoms with Gasteiger partial charge in [0.05, 0.1) is 10.6 Å². The Kier molecular flexibility index (Phi) is 9.01. The lowest BCUT2D eigenvalue weighted by molar-refractivity contribution is -0.119. The fourth-order valence-electron chi connectivity index (χ4n) is 3.82. The molecule has 0 atom stereocenters. The number of carbonyl (C=O) groups is 1. The van der Waals surface area contributed by atoms with Gasteiger partial charge in [0.25, 0.3) is 15.9 Å². The van der Waals surface area contributed by atoms with Gasteiger partial charge in [-0.3, -0.25) is 4.79 Å². The number of ether oxygens (including phenoxy) is 1. The monoisotopic (exact) mass is 571 g/mol. The van der Waals surface area contributed by atoms with Crippen molar-refractivity contribution >= 4 is 37.5 Å². The average Bonchev–Trinajstić information content (AvgIpc) is 2.82. The van der Waals surface area contributed by atoms with Gasteiger partial charge < -0.3 is 4.74 Å². The number of rotatable bonds is 9. The molecule has 0 aliphatic rings. The first-order valence-corrected chi connectivity index (χ1v) is 14.3. The van der Waals surface area contributed by atoms with Crippen LogP contribution < -0.4 is 9.04 Å². The maximum Gasteiger partial charge on any atom is 0.278 e. The van der Waals surface area contributed by atoms with Crippen molar-refractivity contribution < 1.29 is 17.9 Å². The number of unbranched alkanes of at least 4 members (excludes halogenated alkanes) is 1. The van der Waals surface area contributed by atoms with Crippen molar-refractivity contribution in [3.05, 3.63) is 87.9 Å². The third-order valence-corrected chi connectivity index (χ3v) is 8.13. The minimum Gasteiger partial charge on any atom is -0.483 e. The maximum atomic E-state index is 13.7. The highest BCUT2D eigenvalue weighted by molar-refractivity contribution is 9.10. The van der Waals surface area contributed by atoms with Gasteiger partial charge in [0.15, 0.2) is 6.61 Å². The Hall–Kier alpha value is -2.64. The smallest absolute Gasteiger partial charge is 0.278 e. The molecule has 36 heavy (non-hydrogen) atoms. The fraction of sp³-hybridized carbons (Fsp3) is 0.345. The summed E-state index contributed by atoms with van der Waals surface area (Å²) >= 11 is 3.49. The number of hydrogen-bond acceptors (Lipinski definition) is 4. The zero-order valence-corrected chi connectivity index (χ0v) is 23.9. The van der Waals surface area contributed by atoms with E-state index in [0.29, 0.717) is 5.75 Å². The second-order valence-corrected chi connectivity index (χ2v) is 12.6. The summed E-state index contributed by atoms with van der Waals surface area (Å²) in [5.41, 5.74) is 3.00. The standard InChI is InChI=1S/C29H34BrNO4S/c1-6-7-8-22-11-14-24(15-12-22)31(36(33,34)25-16-9-21(2)10-17-25)28(32)20-35-27-18-13-23(30)19-26(27)29(3,4)5/h9-19H,6-8,20H2,1-5H3. The third-order valence-electron chi connectivity index (χ3n) is 5.88. The van der Waals surface area contributed by atoms with Gasteiger partial charge in [0.1, 0.15) is 5.75 Å². The zero-order chi connectivity index (χ0) is 26.5. The lowest BCUT2D eigenvalue weighted by Gasteiger charge is -2.25. The van der Waals surface area contributed by atoms with E-state index in [0.717, 1.165) is 44.7 Å². The van der Waals surface area contributed by atoms with Gasteiger partial charge in [-0.05, 0) is 73.2 Å². The largest absolute Gasteiger partial charge is 0.483 e. The molecule has 3 rings (SSSR count). The molecule has 0 spiro atoms. The first-order chi connectivity index (χ1) is 16.9. The fourth-order valence-corrected chi connectivity index (χ4v) is 5.60. The first-order valence-electron chi connectivity index (χ1n) is 12.1. The van der Waals surface area contributed by atoms with Crippen LogP contribution in [-0.2, 0) is 26.7 Å². The maximum absolute atomic E-state index is 13.7. The van der Waals surface area contributed by atoms with Crippen LogP contribution in [0.1, 0.15) is 57.2 Å². The predicted molar refractivity (Wildman–Crippen MR) is 149 cm³/mol. The molecule has 0 heterocycles. The van der Waals surface area contributed by atoms with Crippen LogP contribution in [0.15, 0.2) is 76.1 Å². The van der Waals surface area contributed by atoms with E-state index in [1.165, 1.54) is 12.1 Å². The van der Waals surface area contributed by atoms with Gasteiger partial charge >= 0.3 is 0 Å². The molecule has 0 N–H and O–H groups in total. The van der Waals surface area contributed by atoms with Crippen molar-refractivity contribution in [1.29, 1.82) is 0 Å². The van der Waals surface area contributed by atoms with Gasteiger partial charge in [0, 0.05) is 10.0 Å². The average molecular weight is 573 g/mol. The minimum atomic E-state index is -4.15. The molecule has 0 aromatic heterocycles. The quantitative estimate of drug-likeness (QED) is 0.272. The van der Waals surface area contributed by atoms with Gasteiger partial charge in [0.2, 0.25) is 0 Å². The van der Waals surface area contributed by atoms with Crippen LogP contribution in [0.4, 0.5) is 5.69 Å². The summed E-state index contributed by atoms with van der Waals surface area (Å²) < 4.78 is 35.0. The normalized spacial score (nSPS) is 11.8. The second-order valence-electron chi connectivity index (χ2n) is 9.93. The summed E-state index contributed by atoms with van der Waals surface area (Å²) in [6.45, 7) is 9.74. The number of aryl methyl sites for hydroxylation is 2. The Morgan fingerprint density at radius 2 is 1.61 bits per heavy atom. The molecule has 0 unspecified atom stereocenters. The number of sulfonamides is 1. The van der Waals surface area contributed by atoms with Gasteiger partial charge in [-0.25, -0.2) is 8.42 Å².